The second-order valence-electron chi connectivity index (χ2n) is 5.93. The Labute approximate surface area is 113 Å². The number of benzene rings is 1. The molecule has 1 aliphatic carbocycles. The Kier molecular flexibility index (Phi) is 2.77. The molecule has 1 aliphatic rings. The van der Waals surface area contributed by atoms with E-state index in [4.69, 9.17) is 0 Å². The first kappa shape index (κ1) is 12.2. The van der Waals surface area contributed by atoms with Crippen LogP contribution >= 0.6 is 0 Å². The fourth-order valence-corrected chi connectivity index (χ4v) is 3.19. The van der Waals surface area contributed by atoms with Gasteiger partial charge in [-0.05, 0) is 29.4 Å². The Bertz CT molecular complexity index is 613. The minimum atomic E-state index is 0.118. The topological polar surface area (TPSA) is 34.9 Å². The number of aromatic nitrogens is 2. The molecule has 1 atom stereocenters. The van der Waals surface area contributed by atoms with Gasteiger partial charge < -0.3 is 4.57 Å². The first-order chi connectivity index (χ1) is 9.13. The van der Waals surface area contributed by atoms with E-state index < -0.39 is 0 Å². The summed E-state index contributed by atoms with van der Waals surface area (Å²) in [7, 11) is 0. The lowest BCUT2D eigenvalue weighted by Gasteiger charge is -2.41. The third-order valence-electron chi connectivity index (χ3n) is 4.22. The van der Waals surface area contributed by atoms with E-state index in [9.17, 15) is 4.79 Å². The maximum Gasteiger partial charge on any atom is 0.168 e. The first-order valence-electron chi connectivity index (χ1n) is 6.68. The molecule has 1 heterocycles. The van der Waals surface area contributed by atoms with Gasteiger partial charge in [-0.25, -0.2) is 4.98 Å². The highest BCUT2D eigenvalue weighted by molar-refractivity contribution is 5.71. The van der Waals surface area contributed by atoms with Crippen LogP contribution in [0, 0.1) is 5.41 Å². The summed E-state index contributed by atoms with van der Waals surface area (Å²) in [5.74, 6) is 0. The van der Waals surface area contributed by atoms with Gasteiger partial charge >= 0.3 is 0 Å². The molecule has 0 bridgehead atoms. The predicted octanol–water partition coefficient (Wildman–Crippen LogP) is 3.26. The molecule has 3 rings (SSSR count). The molecule has 0 radical (unpaired) electrons. The molecule has 0 saturated heterocycles. The number of carbonyl (C=O) groups is 1. The summed E-state index contributed by atoms with van der Waals surface area (Å²) in [5, 5.41) is 0. The van der Waals surface area contributed by atoms with E-state index in [2.05, 4.69) is 43.1 Å². The molecule has 0 N–H and O–H groups in total. The summed E-state index contributed by atoms with van der Waals surface area (Å²) >= 11 is 0. The minimum Gasteiger partial charge on any atom is -0.320 e. The number of aldehydes is 1. The van der Waals surface area contributed by atoms with Crippen molar-refractivity contribution in [2.75, 3.05) is 0 Å². The number of hydrogen-bond donors (Lipinski definition) is 0. The summed E-state index contributed by atoms with van der Waals surface area (Å²) in [5.41, 5.74) is 3.47. The summed E-state index contributed by atoms with van der Waals surface area (Å²) in [4.78, 5) is 15.3. The van der Waals surface area contributed by atoms with E-state index in [1.807, 2.05) is 4.57 Å². The number of nitrogens with zero attached hydrogens (tertiary/aromatic N) is 2. The molecule has 0 spiro atoms. The van der Waals surface area contributed by atoms with Crippen molar-refractivity contribution in [3.8, 4) is 0 Å². The molecule has 0 saturated carbocycles. The third kappa shape index (κ3) is 1.89. The fraction of sp³-hybridized carbons (Fsp3) is 0.375. The van der Waals surface area contributed by atoms with Crippen molar-refractivity contribution >= 4 is 6.29 Å². The van der Waals surface area contributed by atoms with Gasteiger partial charge in [-0.1, -0.05) is 38.1 Å². The molecule has 0 amide bonds. The highest BCUT2D eigenvalue weighted by Crippen LogP contribution is 2.46. The van der Waals surface area contributed by atoms with Gasteiger partial charge in [0.15, 0.2) is 6.29 Å². The number of carbonyl (C=O) groups excluding carboxylic acids is 1. The molecule has 98 valence electrons. The monoisotopic (exact) mass is 254 g/mol. The molecule has 1 aromatic heterocycles. The van der Waals surface area contributed by atoms with Gasteiger partial charge in [-0.2, -0.15) is 0 Å². The lowest BCUT2D eigenvalue weighted by atomic mass is 9.70. The highest BCUT2D eigenvalue weighted by atomic mass is 16.1. The van der Waals surface area contributed by atoms with Gasteiger partial charge in [0.1, 0.15) is 5.69 Å². The maximum atomic E-state index is 11.2. The van der Waals surface area contributed by atoms with Crippen LogP contribution < -0.4 is 0 Å². The first-order valence-corrected chi connectivity index (χ1v) is 6.68. The van der Waals surface area contributed by atoms with Crippen LogP contribution in [0.4, 0.5) is 0 Å². The Morgan fingerprint density at radius 3 is 2.95 bits per heavy atom. The zero-order valence-corrected chi connectivity index (χ0v) is 11.3. The second-order valence-corrected chi connectivity index (χ2v) is 5.93. The summed E-state index contributed by atoms with van der Waals surface area (Å²) < 4.78 is 2.02. The van der Waals surface area contributed by atoms with Crippen LogP contribution in [-0.4, -0.2) is 15.8 Å². The van der Waals surface area contributed by atoms with Crippen molar-refractivity contribution in [3.05, 3.63) is 53.6 Å². The Morgan fingerprint density at radius 2 is 2.16 bits per heavy atom. The van der Waals surface area contributed by atoms with Crippen molar-refractivity contribution in [2.45, 2.75) is 32.7 Å². The number of rotatable bonds is 2. The molecule has 19 heavy (non-hydrogen) atoms. The molecular weight excluding hydrogens is 236 g/mol. The maximum absolute atomic E-state index is 11.2. The van der Waals surface area contributed by atoms with Crippen LogP contribution in [0.15, 0.2) is 36.8 Å². The molecule has 2 aromatic rings. The lowest BCUT2D eigenvalue weighted by Crippen LogP contribution is -2.33. The quantitative estimate of drug-likeness (QED) is 0.771. The predicted molar refractivity (Wildman–Crippen MR) is 74.3 cm³/mol. The second kappa shape index (κ2) is 4.34. The van der Waals surface area contributed by atoms with E-state index in [0.717, 1.165) is 19.1 Å². The van der Waals surface area contributed by atoms with E-state index >= 15 is 0 Å². The van der Waals surface area contributed by atoms with E-state index in [1.165, 1.54) is 11.1 Å². The Balaban J connectivity index is 2.19. The van der Waals surface area contributed by atoms with Crippen LogP contribution in [0.3, 0.4) is 0 Å². The third-order valence-corrected chi connectivity index (χ3v) is 4.22. The van der Waals surface area contributed by atoms with Crippen LogP contribution in [-0.2, 0) is 6.42 Å². The highest BCUT2D eigenvalue weighted by Gasteiger charge is 2.37. The van der Waals surface area contributed by atoms with Gasteiger partial charge in [0, 0.05) is 0 Å². The van der Waals surface area contributed by atoms with Gasteiger partial charge in [0.25, 0.3) is 0 Å². The van der Waals surface area contributed by atoms with Crippen molar-refractivity contribution in [1.29, 1.82) is 0 Å². The fourth-order valence-electron chi connectivity index (χ4n) is 3.19. The Hall–Kier alpha value is -1.90. The zero-order valence-electron chi connectivity index (χ0n) is 11.3. The van der Waals surface area contributed by atoms with Crippen molar-refractivity contribution < 1.29 is 4.79 Å². The normalized spacial score (nSPS) is 20.8. The average molecular weight is 254 g/mol. The number of aryl methyl sites for hydroxylation is 1. The van der Waals surface area contributed by atoms with Crippen molar-refractivity contribution in [1.82, 2.24) is 9.55 Å². The standard InChI is InChI=1S/C16H18N2O/c1-16(2)8-7-12-5-3-4-6-14(12)15(16)18-11-17-9-13(18)10-19/h3-6,9-11,15H,7-8H2,1-2H3. The number of hydrogen-bond acceptors (Lipinski definition) is 2. The van der Waals surface area contributed by atoms with Crippen LogP contribution in [0.1, 0.15) is 47.9 Å². The lowest BCUT2D eigenvalue weighted by molar-refractivity contribution is 0.110. The summed E-state index contributed by atoms with van der Waals surface area (Å²) in [6, 6.07) is 8.71. The van der Waals surface area contributed by atoms with E-state index in [1.54, 1.807) is 12.5 Å². The average Bonchev–Trinajstić information content (AvgIpc) is 2.85. The molecule has 3 heteroatoms. The summed E-state index contributed by atoms with van der Waals surface area (Å²) in [6.45, 7) is 4.53. The molecule has 1 unspecified atom stereocenters. The van der Waals surface area contributed by atoms with Gasteiger partial charge in [0.05, 0.1) is 18.6 Å². The molecule has 0 aliphatic heterocycles. The SMILES string of the molecule is CC1(C)CCc2ccccc2C1n1cncc1C=O. The van der Waals surface area contributed by atoms with E-state index in [0.29, 0.717) is 5.69 Å². The number of imidazole rings is 1. The van der Waals surface area contributed by atoms with Crippen LogP contribution in [0.2, 0.25) is 0 Å². The molecule has 3 nitrogen and oxygen atoms in total. The van der Waals surface area contributed by atoms with Gasteiger partial charge in [-0.15, -0.1) is 0 Å². The molecule has 0 fully saturated rings. The van der Waals surface area contributed by atoms with Crippen LogP contribution in [0.25, 0.3) is 0 Å². The van der Waals surface area contributed by atoms with Gasteiger partial charge in [0.2, 0.25) is 0 Å². The van der Waals surface area contributed by atoms with E-state index in [-0.39, 0.29) is 11.5 Å². The Morgan fingerprint density at radius 1 is 1.37 bits per heavy atom. The smallest absolute Gasteiger partial charge is 0.168 e. The largest absolute Gasteiger partial charge is 0.320 e. The zero-order chi connectivity index (χ0) is 13.5. The molecule has 1 aromatic carbocycles. The molecular formula is C16H18N2O. The van der Waals surface area contributed by atoms with Crippen molar-refractivity contribution in [3.63, 3.8) is 0 Å². The number of fused-ring (bicyclic) bond motifs is 1. The summed E-state index contributed by atoms with van der Waals surface area (Å²) in [6.07, 6.45) is 6.52. The minimum absolute atomic E-state index is 0.118. The van der Waals surface area contributed by atoms with Crippen LogP contribution in [0.5, 0.6) is 0 Å². The van der Waals surface area contributed by atoms with Gasteiger partial charge in [-0.3, -0.25) is 4.79 Å². The van der Waals surface area contributed by atoms with Crippen molar-refractivity contribution in [2.24, 2.45) is 5.41 Å².